The van der Waals surface area contributed by atoms with E-state index in [1.165, 1.54) is 5.56 Å². The number of carbonyl (C=O) groups is 1. The van der Waals surface area contributed by atoms with Gasteiger partial charge in [-0.25, -0.2) is 0 Å². The van der Waals surface area contributed by atoms with Gasteiger partial charge < -0.3 is 10.6 Å². The van der Waals surface area contributed by atoms with Crippen LogP contribution in [0.5, 0.6) is 0 Å². The highest BCUT2D eigenvalue weighted by Crippen LogP contribution is 2.20. The summed E-state index contributed by atoms with van der Waals surface area (Å²) in [4.78, 5) is 12.6. The van der Waals surface area contributed by atoms with E-state index in [9.17, 15) is 4.79 Å². The van der Waals surface area contributed by atoms with E-state index >= 15 is 0 Å². The van der Waals surface area contributed by atoms with Crippen molar-refractivity contribution in [3.63, 3.8) is 0 Å². The molecule has 128 valence electrons. The van der Waals surface area contributed by atoms with Gasteiger partial charge in [-0.05, 0) is 36.9 Å². The summed E-state index contributed by atoms with van der Waals surface area (Å²) < 4.78 is 0. The van der Waals surface area contributed by atoms with Gasteiger partial charge in [-0.2, -0.15) is 0 Å². The molecule has 3 nitrogen and oxygen atoms in total. The monoisotopic (exact) mass is 344 g/mol. The molecule has 0 bridgehead atoms. The summed E-state index contributed by atoms with van der Waals surface area (Å²) in [5.41, 5.74) is 2.40. The smallest absolute Gasteiger partial charge is 0.224 e. The zero-order valence-electron chi connectivity index (χ0n) is 13.8. The van der Waals surface area contributed by atoms with Crippen molar-refractivity contribution in [1.29, 1.82) is 0 Å². The minimum Gasteiger partial charge on any atom is -0.349 e. The molecular weight excluding hydrogens is 320 g/mol. The zero-order chi connectivity index (χ0) is 15.9. The molecule has 0 spiro atoms. The standard InChI is InChI=1S/C20H24N2O.ClH/c23-20(18-12-7-13-21-15-18)22-19(17-10-5-2-6-11-17)14-16-8-3-1-4-9-16;/h1-6,8-11,18-19,21H,7,12-15H2,(H,22,23);1H. The van der Waals surface area contributed by atoms with E-state index < -0.39 is 0 Å². The van der Waals surface area contributed by atoms with Crippen LogP contribution in [0.4, 0.5) is 0 Å². The zero-order valence-corrected chi connectivity index (χ0v) is 14.6. The molecular formula is C20H25ClN2O. The van der Waals surface area contributed by atoms with E-state index in [-0.39, 0.29) is 30.3 Å². The third kappa shape index (κ3) is 5.08. The average molecular weight is 345 g/mol. The van der Waals surface area contributed by atoms with Crippen molar-refractivity contribution in [1.82, 2.24) is 10.6 Å². The molecule has 3 rings (SSSR count). The lowest BCUT2D eigenvalue weighted by atomic mass is 9.95. The van der Waals surface area contributed by atoms with Crippen molar-refractivity contribution in [2.45, 2.75) is 25.3 Å². The molecule has 1 saturated heterocycles. The Hall–Kier alpha value is -1.84. The second-order valence-electron chi connectivity index (χ2n) is 6.20. The summed E-state index contributed by atoms with van der Waals surface area (Å²) in [6, 6.07) is 20.6. The third-order valence-corrected chi connectivity index (χ3v) is 4.47. The molecule has 4 heteroatoms. The minimum absolute atomic E-state index is 0. The van der Waals surface area contributed by atoms with Crippen molar-refractivity contribution in [3.05, 3.63) is 71.8 Å². The fraction of sp³-hybridized carbons (Fsp3) is 0.350. The Labute approximate surface area is 150 Å². The molecule has 1 aliphatic heterocycles. The highest BCUT2D eigenvalue weighted by atomic mass is 35.5. The minimum atomic E-state index is 0. The van der Waals surface area contributed by atoms with Crippen LogP contribution in [0.1, 0.15) is 30.0 Å². The molecule has 2 N–H and O–H groups in total. The number of piperidine rings is 1. The lowest BCUT2D eigenvalue weighted by Gasteiger charge is -2.26. The lowest BCUT2D eigenvalue weighted by molar-refractivity contribution is -0.126. The lowest BCUT2D eigenvalue weighted by Crippen LogP contribution is -2.42. The van der Waals surface area contributed by atoms with Gasteiger partial charge in [0.05, 0.1) is 12.0 Å². The van der Waals surface area contributed by atoms with Crippen molar-refractivity contribution in [3.8, 4) is 0 Å². The fourth-order valence-electron chi connectivity index (χ4n) is 3.15. The predicted octanol–water partition coefficient (Wildman–Crippen LogP) is 3.51. The molecule has 0 radical (unpaired) electrons. The molecule has 1 aliphatic rings. The van der Waals surface area contributed by atoms with Crippen molar-refractivity contribution in [2.24, 2.45) is 5.92 Å². The quantitative estimate of drug-likeness (QED) is 0.871. The van der Waals surface area contributed by atoms with E-state index in [0.717, 1.165) is 37.9 Å². The van der Waals surface area contributed by atoms with Crippen LogP contribution in [0.3, 0.4) is 0 Å². The number of rotatable bonds is 5. The van der Waals surface area contributed by atoms with Crippen molar-refractivity contribution in [2.75, 3.05) is 13.1 Å². The topological polar surface area (TPSA) is 41.1 Å². The number of halogens is 1. The summed E-state index contributed by atoms with van der Waals surface area (Å²) in [5.74, 6) is 0.257. The first kappa shape index (κ1) is 18.5. The molecule has 2 unspecified atom stereocenters. The summed E-state index contributed by atoms with van der Waals surface area (Å²) in [6.45, 7) is 1.81. The highest BCUT2D eigenvalue weighted by Gasteiger charge is 2.24. The molecule has 1 heterocycles. The van der Waals surface area contributed by atoms with E-state index in [2.05, 4.69) is 34.9 Å². The molecule has 2 atom stereocenters. The Bertz CT molecular complexity index is 612. The summed E-state index contributed by atoms with van der Waals surface area (Å²) in [6.07, 6.45) is 2.87. The van der Waals surface area contributed by atoms with Crippen molar-refractivity contribution >= 4 is 18.3 Å². The Morgan fingerprint density at radius 3 is 2.38 bits per heavy atom. The predicted molar refractivity (Wildman–Crippen MR) is 100 cm³/mol. The maximum Gasteiger partial charge on any atom is 0.224 e. The Kier molecular flexibility index (Phi) is 7.29. The Morgan fingerprint density at radius 2 is 1.75 bits per heavy atom. The molecule has 0 aliphatic carbocycles. The number of hydrogen-bond acceptors (Lipinski definition) is 2. The molecule has 1 amide bonds. The largest absolute Gasteiger partial charge is 0.349 e. The highest BCUT2D eigenvalue weighted by molar-refractivity contribution is 5.85. The number of carbonyl (C=O) groups excluding carboxylic acids is 1. The normalized spacial score (nSPS) is 18.2. The molecule has 2 aromatic rings. The van der Waals surface area contributed by atoms with Gasteiger partial charge in [0.25, 0.3) is 0 Å². The van der Waals surface area contributed by atoms with Gasteiger partial charge in [-0.3, -0.25) is 4.79 Å². The first-order valence-corrected chi connectivity index (χ1v) is 8.43. The second-order valence-corrected chi connectivity index (χ2v) is 6.20. The molecule has 2 aromatic carbocycles. The van der Waals surface area contributed by atoms with Crippen LogP contribution < -0.4 is 10.6 Å². The van der Waals surface area contributed by atoms with Crippen LogP contribution in [-0.4, -0.2) is 19.0 Å². The van der Waals surface area contributed by atoms with Gasteiger partial charge >= 0.3 is 0 Å². The van der Waals surface area contributed by atoms with Crippen LogP contribution in [0.15, 0.2) is 60.7 Å². The van der Waals surface area contributed by atoms with Crippen LogP contribution in [-0.2, 0) is 11.2 Å². The maximum atomic E-state index is 12.6. The first-order valence-electron chi connectivity index (χ1n) is 8.43. The second kappa shape index (κ2) is 9.45. The van der Waals surface area contributed by atoms with E-state index in [1.807, 2.05) is 36.4 Å². The van der Waals surface area contributed by atoms with Crippen LogP contribution >= 0.6 is 12.4 Å². The van der Waals surface area contributed by atoms with E-state index in [4.69, 9.17) is 0 Å². The van der Waals surface area contributed by atoms with E-state index in [0.29, 0.717) is 0 Å². The van der Waals surface area contributed by atoms with E-state index in [1.54, 1.807) is 0 Å². The first-order chi connectivity index (χ1) is 11.3. The van der Waals surface area contributed by atoms with Crippen molar-refractivity contribution < 1.29 is 4.79 Å². The van der Waals surface area contributed by atoms with Gasteiger partial charge in [0.1, 0.15) is 0 Å². The summed E-state index contributed by atoms with van der Waals surface area (Å²) in [7, 11) is 0. The summed E-state index contributed by atoms with van der Waals surface area (Å²) in [5, 5.41) is 6.59. The fourth-order valence-corrected chi connectivity index (χ4v) is 3.15. The number of nitrogens with one attached hydrogen (secondary N) is 2. The Balaban J connectivity index is 0.00000208. The third-order valence-electron chi connectivity index (χ3n) is 4.47. The maximum absolute atomic E-state index is 12.6. The number of amides is 1. The van der Waals surface area contributed by atoms with Gasteiger partial charge in [-0.1, -0.05) is 60.7 Å². The van der Waals surface area contributed by atoms with Crippen LogP contribution in [0.25, 0.3) is 0 Å². The van der Waals surface area contributed by atoms with Gasteiger partial charge in [0.15, 0.2) is 0 Å². The molecule has 24 heavy (non-hydrogen) atoms. The number of benzene rings is 2. The molecule has 1 fully saturated rings. The average Bonchev–Trinajstić information content (AvgIpc) is 2.63. The van der Waals surface area contributed by atoms with Gasteiger partial charge in [-0.15, -0.1) is 12.4 Å². The molecule has 0 aromatic heterocycles. The van der Waals surface area contributed by atoms with Crippen LogP contribution in [0, 0.1) is 5.92 Å². The SMILES string of the molecule is Cl.O=C(NC(Cc1ccccc1)c1ccccc1)C1CCCNC1. The Morgan fingerprint density at radius 1 is 1.08 bits per heavy atom. The molecule has 0 saturated carbocycles. The van der Waals surface area contributed by atoms with Gasteiger partial charge in [0.2, 0.25) is 5.91 Å². The van der Waals surface area contributed by atoms with Gasteiger partial charge in [0, 0.05) is 6.54 Å². The number of hydrogen-bond donors (Lipinski definition) is 2. The van der Waals surface area contributed by atoms with Crippen LogP contribution in [0.2, 0.25) is 0 Å². The summed E-state index contributed by atoms with van der Waals surface area (Å²) >= 11 is 0.